The molecule has 0 heterocycles. The molecular formula is C12H14BrFN2O3. The maximum atomic E-state index is 13.5. The fourth-order valence-electron chi connectivity index (χ4n) is 1.47. The molecule has 19 heavy (non-hydrogen) atoms. The number of nitrogens with one attached hydrogen (secondary N) is 2. The number of halogens is 2. The zero-order valence-electron chi connectivity index (χ0n) is 10.2. The SMILES string of the molecule is CCC[C@@H](NC(=O)Nc1c(F)cccc1Br)C(=O)O. The van der Waals surface area contributed by atoms with E-state index in [0.29, 0.717) is 17.3 Å². The molecule has 0 spiro atoms. The summed E-state index contributed by atoms with van der Waals surface area (Å²) in [6.45, 7) is 1.81. The molecule has 7 heteroatoms. The molecule has 0 aromatic heterocycles. The van der Waals surface area contributed by atoms with Gasteiger partial charge < -0.3 is 15.7 Å². The van der Waals surface area contributed by atoms with Crippen molar-refractivity contribution in [2.45, 2.75) is 25.8 Å². The van der Waals surface area contributed by atoms with Crippen LogP contribution in [-0.2, 0) is 4.79 Å². The molecule has 0 aliphatic heterocycles. The van der Waals surface area contributed by atoms with E-state index in [1.807, 2.05) is 6.92 Å². The number of carbonyl (C=O) groups excluding carboxylic acids is 1. The maximum absolute atomic E-state index is 13.5. The molecule has 104 valence electrons. The van der Waals surface area contributed by atoms with Gasteiger partial charge in [-0.3, -0.25) is 0 Å². The van der Waals surface area contributed by atoms with Crippen molar-refractivity contribution in [2.75, 3.05) is 5.32 Å². The zero-order chi connectivity index (χ0) is 14.4. The summed E-state index contributed by atoms with van der Waals surface area (Å²) in [6.07, 6.45) is 0.918. The van der Waals surface area contributed by atoms with E-state index in [4.69, 9.17) is 5.11 Å². The van der Waals surface area contributed by atoms with Gasteiger partial charge in [-0.25, -0.2) is 14.0 Å². The van der Waals surface area contributed by atoms with Gasteiger partial charge in [0.05, 0.1) is 5.69 Å². The van der Waals surface area contributed by atoms with Crippen LogP contribution in [0.3, 0.4) is 0 Å². The van der Waals surface area contributed by atoms with Gasteiger partial charge >= 0.3 is 12.0 Å². The Kier molecular flexibility index (Phi) is 5.75. The number of urea groups is 1. The summed E-state index contributed by atoms with van der Waals surface area (Å²) >= 11 is 3.10. The molecule has 1 aromatic carbocycles. The normalized spacial score (nSPS) is 11.7. The summed E-state index contributed by atoms with van der Waals surface area (Å²) in [5.41, 5.74) is -0.0272. The second kappa shape index (κ2) is 7.08. The van der Waals surface area contributed by atoms with Gasteiger partial charge in [0.25, 0.3) is 0 Å². The standard InChI is InChI=1S/C12H14BrFN2O3/c1-2-4-9(11(17)18)15-12(19)16-10-7(13)5-3-6-8(10)14/h3,5-6,9H,2,4H2,1H3,(H,17,18)(H2,15,16,19)/t9-/m1/s1. The second-order valence-electron chi connectivity index (χ2n) is 3.87. The topological polar surface area (TPSA) is 78.4 Å². The molecule has 0 fully saturated rings. The van der Waals surface area contributed by atoms with Crippen LogP contribution in [0.25, 0.3) is 0 Å². The smallest absolute Gasteiger partial charge is 0.326 e. The molecular weight excluding hydrogens is 319 g/mol. The van der Waals surface area contributed by atoms with E-state index in [2.05, 4.69) is 26.6 Å². The van der Waals surface area contributed by atoms with E-state index in [1.165, 1.54) is 12.1 Å². The average Bonchev–Trinajstić information content (AvgIpc) is 2.33. The number of carboxylic acids is 1. The van der Waals surface area contributed by atoms with Crippen molar-refractivity contribution in [3.05, 3.63) is 28.5 Å². The van der Waals surface area contributed by atoms with Crippen molar-refractivity contribution in [3.8, 4) is 0 Å². The molecule has 1 rings (SSSR count). The van der Waals surface area contributed by atoms with Crippen LogP contribution in [-0.4, -0.2) is 23.1 Å². The van der Waals surface area contributed by atoms with E-state index < -0.39 is 23.9 Å². The Labute approximate surface area is 118 Å². The lowest BCUT2D eigenvalue weighted by Gasteiger charge is -2.15. The largest absolute Gasteiger partial charge is 0.480 e. The summed E-state index contributed by atoms with van der Waals surface area (Å²) in [5.74, 6) is -1.73. The molecule has 3 N–H and O–H groups in total. The van der Waals surface area contributed by atoms with E-state index in [0.717, 1.165) is 0 Å². The monoisotopic (exact) mass is 332 g/mol. The number of carbonyl (C=O) groups is 2. The summed E-state index contributed by atoms with van der Waals surface area (Å²) in [5, 5.41) is 13.5. The van der Waals surface area contributed by atoms with Crippen LogP contribution < -0.4 is 10.6 Å². The predicted octanol–water partition coefficient (Wildman–Crippen LogP) is 2.96. The molecule has 0 radical (unpaired) electrons. The highest BCUT2D eigenvalue weighted by atomic mass is 79.9. The number of benzene rings is 1. The number of aliphatic carboxylic acids is 1. The van der Waals surface area contributed by atoms with E-state index in [-0.39, 0.29) is 5.69 Å². The van der Waals surface area contributed by atoms with Gasteiger partial charge in [-0.15, -0.1) is 0 Å². The summed E-state index contributed by atoms with van der Waals surface area (Å²) in [7, 11) is 0. The Balaban J connectivity index is 2.72. The van der Waals surface area contributed by atoms with Crippen molar-refractivity contribution >= 4 is 33.6 Å². The van der Waals surface area contributed by atoms with E-state index in [9.17, 15) is 14.0 Å². The Hall–Kier alpha value is -1.63. The Morgan fingerprint density at radius 2 is 2.16 bits per heavy atom. The first-order valence-electron chi connectivity index (χ1n) is 5.70. The molecule has 0 unspecified atom stereocenters. The van der Waals surface area contributed by atoms with Gasteiger partial charge in [0.15, 0.2) is 0 Å². The third kappa shape index (κ3) is 4.51. The summed E-state index contributed by atoms with van der Waals surface area (Å²) < 4.78 is 13.8. The van der Waals surface area contributed by atoms with Gasteiger partial charge in [-0.05, 0) is 34.5 Å². The Morgan fingerprint density at radius 1 is 1.47 bits per heavy atom. The van der Waals surface area contributed by atoms with Crippen molar-refractivity contribution in [2.24, 2.45) is 0 Å². The highest BCUT2D eigenvalue weighted by Crippen LogP contribution is 2.24. The molecule has 1 atom stereocenters. The summed E-state index contributed by atoms with van der Waals surface area (Å²) in [6, 6.07) is 2.50. The first-order chi connectivity index (χ1) is 8.95. The number of hydrogen-bond donors (Lipinski definition) is 3. The minimum Gasteiger partial charge on any atom is -0.480 e. The van der Waals surface area contributed by atoms with Gasteiger partial charge in [-0.1, -0.05) is 19.4 Å². The zero-order valence-corrected chi connectivity index (χ0v) is 11.8. The number of amides is 2. The number of para-hydroxylation sites is 1. The third-order valence-electron chi connectivity index (χ3n) is 2.38. The maximum Gasteiger partial charge on any atom is 0.326 e. The number of carboxylic acid groups (broad SMARTS) is 1. The van der Waals surface area contributed by atoms with Crippen LogP contribution in [0.1, 0.15) is 19.8 Å². The van der Waals surface area contributed by atoms with Crippen molar-refractivity contribution in [3.63, 3.8) is 0 Å². The van der Waals surface area contributed by atoms with Gasteiger partial charge in [0.1, 0.15) is 11.9 Å². The minimum absolute atomic E-state index is 0.0272. The highest BCUT2D eigenvalue weighted by Gasteiger charge is 2.19. The van der Waals surface area contributed by atoms with Crippen molar-refractivity contribution < 1.29 is 19.1 Å². The quantitative estimate of drug-likeness (QED) is 0.775. The van der Waals surface area contributed by atoms with Gasteiger partial charge in [0, 0.05) is 4.47 Å². The third-order valence-corrected chi connectivity index (χ3v) is 3.04. The Bertz CT molecular complexity index is 462. The van der Waals surface area contributed by atoms with Crippen LogP contribution in [0.4, 0.5) is 14.9 Å². The molecule has 0 bridgehead atoms. The van der Waals surface area contributed by atoms with Crippen LogP contribution in [0.15, 0.2) is 22.7 Å². The van der Waals surface area contributed by atoms with Crippen molar-refractivity contribution in [1.29, 1.82) is 0 Å². The number of hydrogen-bond acceptors (Lipinski definition) is 2. The lowest BCUT2D eigenvalue weighted by Crippen LogP contribution is -2.43. The predicted molar refractivity (Wildman–Crippen MR) is 72.6 cm³/mol. The lowest BCUT2D eigenvalue weighted by molar-refractivity contribution is -0.139. The molecule has 5 nitrogen and oxygen atoms in total. The lowest BCUT2D eigenvalue weighted by atomic mass is 10.2. The first-order valence-corrected chi connectivity index (χ1v) is 6.49. The Morgan fingerprint density at radius 3 is 2.68 bits per heavy atom. The fraction of sp³-hybridized carbons (Fsp3) is 0.333. The van der Waals surface area contributed by atoms with E-state index in [1.54, 1.807) is 6.07 Å². The molecule has 0 saturated carbocycles. The average molecular weight is 333 g/mol. The fourth-order valence-corrected chi connectivity index (χ4v) is 1.91. The molecule has 1 aromatic rings. The van der Waals surface area contributed by atoms with Crippen molar-refractivity contribution in [1.82, 2.24) is 5.32 Å². The number of rotatable bonds is 5. The van der Waals surface area contributed by atoms with Gasteiger partial charge in [-0.2, -0.15) is 0 Å². The molecule has 2 amide bonds. The van der Waals surface area contributed by atoms with Crippen LogP contribution in [0.2, 0.25) is 0 Å². The molecule has 0 aliphatic rings. The highest BCUT2D eigenvalue weighted by molar-refractivity contribution is 9.10. The first kappa shape index (κ1) is 15.4. The van der Waals surface area contributed by atoms with Gasteiger partial charge in [0.2, 0.25) is 0 Å². The van der Waals surface area contributed by atoms with Crippen LogP contribution in [0, 0.1) is 5.82 Å². The van der Waals surface area contributed by atoms with E-state index >= 15 is 0 Å². The number of anilines is 1. The minimum atomic E-state index is -1.12. The second-order valence-corrected chi connectivity index (χ2v) is 4.73. The van der Waals surface area contributed by atoms with Crippen LogP contribution >= 0.6 is 15.9 Å². The summed E-state index contributed by atoms with van der Waals surface area (Å²) in [4.78, 5) is 22.5. The van der Waals surface area contributed by atoms with Crippen LogP contribution in [0.5, 0.6) is 0 Å². The molecule has 0 aliphatic carbocycles. The molecule has 0 saturated heterocycles.